The maximum Gasteiger partial charge on any atom is 0.230 e. The average molecular weight is 313 g/mol. The van der Waals surface area contributed by atoms with Crippen LogP contribution < -0.4 is 0 Å². The standard InChI is InChI=1S/C20H24FNO/c1-15-4-2-3-5-19(15)20(23)22-12-10-17(11-13-22)14-16-6-8-18(21)9-7-16/h2-9,15,17,19H,10-14H2,1H3. The summed E-state index contributed by atoms with van der Waals surface area (Å²) >= 11 is 0. The number of nitrogens with zero attached hydrogens (tertiary/aromatic N) is 1. The maximum atomic E-state index is 13.0. The van der Waals surface area contributed by atoms with Gasteiger partial charge in [0.1, 0.15) is 5.82 Å². The van der Waals surface area contributed by atoms with E-state index in [1.165, 1.54) is 17.7 Å². The third kappa shape index (κ3) is 3.90. The lowest BCUT2D eigenvalue weighted by atomic mass is 9.86. The minimum Gasteiger partial charge on any atom is -0.342 e. The molecule has 3 heteroatoms. The van der Waals surface area contributed by atoms with Crippen LogP contribution in [0.25, 0.3) is 0 Å². The van der Waals surface area contributed by atoms with Gasteiger partial charge < -0.3 is 4.90 Å². The van der Waals surface area contributed by atoms with Crippen molar-refractivity contribution in [2.45, 2.75) is 26.2 Å². The number of carbonyl (C=O) groups is 1. The summed E-state index contributed by atoms with van der Waals surface area (Å²) in [6.45, 7) is 3.78. The summed E-state index contributed by atoms with van der Waals surface area (Å²) in [5.41, 5.74) is 1.19. The van der Waals surface area contributed by atoms with E-state index < -0.39 is 0 Å². The fraction of sp³-hybridized carbons (Fsp3) is 0.450. The van der Waals surface area contributed by atoms with Crippen LogP contribution in [0.5, 0.6) is 0 Å². The van der Waals surface area contributed by atoms with Gasteiger partial charge in [0.15, 0.2) is 0 Å². The van der Waals surface area contributed by atoms with Gasteiger partial charge in [-0.15, -0.1) is 0 Å². The normalized spacial score (nSPS) is 24.9. The number of amides is 1. The predicted octanol–water partition coefficient (Wildman–Crippen LogP) is 3.99. The number of allylic oxidation sites excluding steroid dienone is 3. The van der Waals surface area contributed by atoms with E-state index in [0.717, 1.165) is 32.4 Å². The van der Waals surface area contributed by atoms with Gasteiger partial charge >= 0.3 is 0 Å². The first-order valence-electron chi connectivity index (χ1n) is 8.51. The Morgan fingerprint density at radius 2 is 1.78 bits per heavy atom. The summed E-state index contributed by atoms with van der Waals surface area (Å²) in [5.74, 6) is 0.943. The molecule has 1 aliphatic heterocycles. The van der Waals surface area contributed by atoms with E-state index in [2.05, 4.69) is 13.0 Å². The van der Waals surface area contributed by atoms with E-state index in [1.54, 1.807) is 0 Å². The minimum atomic E-state index is -0.183. The van der Waals surface area contributed by atoms with E-state index in [4.69, 9.17) is 0 Å². The molecule has 1 aliphatic carbocycles. The molecule has 1 aromatic carbocycles. The highest BCUT2D eigenvalue weighted by Crippen LogP contribution is 2.26. The number of likely N-dealkylation sites (tertiary alicyclic amines) is 1. The number of piperidine rings is 1. The smallest absolute Gasteiger partial charge is 0.230 e. The molecule has 1 fully saturated rings. The maximum absolute atomic E-state index is 13.0. The fourth-order valence-electron chi connectivity index (χ4n) is 3.55. The summed E-state index contributed by atoms with van der Waals surface area (Å²) in [4.78, 5) is 14.7. The molecule has 1 aromatic rings. The molecule has 1 saturated heterocycles. The monoisotopic (exact) mass is 313 g/mol. The van der Waals surface area contributed by atoms with Gasteiger partial charge in [-0.1, -0.05) is 43.4 Å². The lowest BCUT2D eigenvalue weighted by Crippen LogP contribution is -2.43. The first-order chi connectivity index (χ1) is 11.1. The molecular formula is C20H24FNO. The molecule has 0 radical (unpaired) electrons. The minimum absolute atomic E-state index is 0.00588. The molecule has 2 atom stereocenters. The largest absolute Gasteiger partial charge is 0.342 e. The quantitative estimate of drug-likeness (QED) is 0.826. The first kappa shape index (κ1) is 16.0. The Bertz CT molecular complexity index is 597. The van der Waals surface area contributed by atoms with Crippen molar-refractivity contribution >= 4 is 5.91 Å². The van der Waals surface area contributed by atoms with Gasteiger partial charge in [0.2, 0.25) is 5.91 Å². The zero-order chi connectivity index (χ0) is 16.2. The first-order valence-corrected chi connectivity index (χ1v) is 8.51. The molecule has 0 saturated carbocycles. The average Bonchev–Trinajstić information content (AvgIpc) is 2.57. The molecule has 3 rings (SSSR count). The van der Waals surface area contributed by atoms with E-state index in [1.807, 2.05) is 35.3 Å². The topological polar surface area (TPSA) is 20.3 Å². The number of hydrogen-bond donors (Lipinski definition) is 0. The number of halogens is 1. The van der Waals surface area contributed by atoms with E-state index >= 15 is 0 Å². The lowest BCUT2D eigenvalue weighted by Gasteiger charge is -2.35. The van der Waals surface area contributed by atoms with Crippen LogP contribution in [0.1, 0.15) is 25.3 Å². The fourth-order valence-corrected chi connectivity index (χ4v) is 3.55. The van der Waals surface area contributed by atoms with Crippen LogP contribution in [0.4, 0.5) is 4.39 Å². The molecule has 0 aromatic heterocycles. The van der Waals surface area contributed by atoms with E-state index in [-0.39, 0.29) is 23.6 Å². The molecule has 0 bridgehead atoms. The van der Waals surface area contributed by atoms with Crippen molar-refractivity contribution in [1.82, 2.24) is 4.90 Å². The highest BCUT2D eigenvalue weighted by atomic mass is 19.1. The van der Waals surface area contributed by atoms with Crippen LogP contribution in [0.2, 0.25) is 0 Å². The summed E-state index contributed by atoms with van der Waals surface area (Å²) < 4.78 is 13.0. The van der Waals surface area contributed by atoms with Gasteiger partial charge in [0.25, 0.3) is 0 Å². The van der Waals surface area contributed by atoms with Gasteiger partial charge in [0, 0.05) is 13.1 Å². The Labute approximate surface area is 137 Å². The number of benzene rings is 1. The second-order valence-electron chi connectivity index (χ2n) is 6.75. The van der Waals surface area contributed by atoms with Gasteiger partial charge in [-0.05, 0) is 48.8 Å². The van der Waals surface area contributed by atoms with Gasteiger partial charge in [-0.3, -0.25) is 4.79 Å². The molecule has 1 amide bonds. The molecular weight excluding hydrogens is 289 g/mol. The second-order valence-corrected chi connectivity index (χ2v) is 6.75. The van der Waals surface area contributed by atoms with E-state index in [0.29, 0.717) is 5.92 Å². The van der Waals surface area contributed by atoms with Crippen molar-refractivity contribution in [3.05, 3.63) is 60.0 Å². The van der Waals surface area contributed by atoms with Crippen molar-refractivity contribution in [3.63, 3.8) is 0 Å². The molecule has 2 nitrogen and oxygen atoms in total. The Kier molecular flexibility index (Phi) is 4.94. The highest BCUT2D eigenvalue weighted by Gasteiger charge is 2.29. The molecule has 122 valence electrons. The SMILES string of the molecule is CC1C=CC=CC1C(=O)N1CCC(Cc2ccc(F)cc2)CC1. The highest BCUT2D eigenvalue weighted by molar-refractivity contribution is 5.81. The number of carbonyl (C=O) groups excluding carboxylic acids is 1. The molecule has 0 N–H and O–H groups in total. The zero-order valence-corrected chi connectivity index (χ0v) is 13.6. The van der Waals surface area contributed by atoms with Crippen molar-refractivity contribution in [2.24, 2.45) is 17.8 Å². The van der Waals surface area contributed by atoms with Crippen LogP contribution >= 0.6 is 0 Å². The van der Waals surface area contributed by atoms with Crippen LogP contribution in [-0.4, -0.2) is 23.9 Å². The van der Waals surface area contributed by atoms with Gasteiger partial charge in [-0.2, -0.15) is 0 Å². The summed E-state index contributed by atoms with van der Waals surface area (Å²) in [5, 5.41) is 0. The molecule has 2 aliphatic rings. The molecule has 1 heterocycles. The van der Waals surface area contributed by atoms with Crippen molar-refractivity contribution in [3.8, 4) is 0 Å². The van der Waals surface area contributed by atoms with E-state index in [9.17, 15) is 9.18 Å². The summed E-state index contributed by atoms with van der Waals surface area (Å²) in [6.07, 6.45) is 11.2. The lowest BCUT2D eigenvalue weighted by molar-refractivity contribution is -0.136. The summed E-state index contributed by atoms with van der Waals surface area (Å²) in [7, 11) is 0. The van der Waals surface area contributed by atoms with Crippen LogP contribution in [0.3, 0.4) is 0 Å². The molecule has 0 spiro atoms. The van der Waals surface area contributed by atoms with Gasteiger partial charge in [-0.25, -0.2) is 4.39 Å². The van der Waals surface area contributed by atoms with Crippen LogP contribution in [0.15, 0.2) is 48.6 Å². The van der Waals surface area contributed by atoms with Crippen LogP contribution in [0, 0.1) is 23.6 Å². The van der Waals surface area contributed by atoms with Crippen molar-refractivity contribution in [2.75, 3.05) is 13.1 Å². The van der Waals surface area contributed by atoms with Crippen LogP contribution in [-0.2, 0) is 11.2 Å². The predicted molar refractivity (Wildman–Crippen MR) is 90.3 cm³/mol. The van der Waals surface area contributed by atoms with Crippen molar-refractivity contribution < 1.29 is 9.18 Å². The third-order valence-corrected chi connectivity index (χ3v) is 5.06. The molecule has 2 unspecified atom stereocenters. The zero-order valence-electron chi connectivity index (χ0n) is 13.6. The van der Waals surface area contributed by atoms with Gasteiger partial charge in [0.05, 0.1) is 5.92 Å². The summed E-state index contributed by atoms with van der Waals surface area (Å²) in [6, 6.07) is 6.79. The Morgan fingerprint density at radius 3 is 2.43 bits per heavy atom. The third-order valence-electron chi connectivity index (χ3n) is 5.06. The second kappa shape index (κ2) is 7.12. The number of hydrogen-bond acceptors (Lipinski definition) is 1. The van der Waals surface area contributed by atoms with Crippen molar-refractivity contribution in [1.29, 1.82) is 0 Å². The number of rotatable bonds is 3. The Balaban J connectivity index is 1.52. The Morgan fingerprint density at radius 1 is 1.13 bits per heavy atom. The Hall–Kier alpha value is -1.90. The molecule has 23 heavy (non-hydrogen) atoms.